The van der Waals surface area contributed by atoms with Gasteiger partial charge in [0.25, 0.3) is 5.91 Å². The van der Waals surface area contributed by atoms with Gasteiger partial charge in [0.15, 0.2) is 5.78 Å². The van der Waals surface area contributed by atoms with Crippen LogP contribution in [0.3, 0.4) is 0 Å². The fourth-order valence-electron chi connectivity index (χ4n) is 4.51. The number of methoxy groups -OCH3 is 1. The number of halogens is 1. The molecule has 0 fully saturated rings. The molecular weight excluding hydrogens is 564 g/mol. The summed E-state index contributed by atoms with van der Waals surface area (Å²) in [6.45, 7) is 5.97. The van der Waals surface area contributed by atoms with Crippen molar-refractivity contribution in [1.82, 2.24) is 0 Å². The van der Waals surface area contributed by atoms with E-state index < -0.39 is 12.0 Å². The molecule has 0 saturated carbocycles. The van der Waals surface area contributed by atoms with Crippen molar-refractivity contribution < 1.29 is 23.9 Å². The van der Waals surface area contributed by atoms with Crippen molar-refractivity contribution in [3.63, 3.8) is 0 Å². The van der Waals surface area contributed by atoms with Crippen molar-refractivity contribution >= 4 is 40.6 Å². The first kappa shape index (κ1) is 31.1. The number of nitrogens with zero attached hydrogens (tertiary/aromatic N) is 1. The Morgan fingerprint density at radius 3 is 2.28 bits per heavy atom. The molecule has 0 aromatic heterocycles. The standard InChI is InChI=1S/C35H33ClN2O5/c1-24(2)34(40)38(28-13-9-12-27(36)23-28)20-21-43-29-18-16-25(17-19-29)22-32(35(41)42-3)37-31-15-8-7-14-30(31)33(39)26-10-5-4-6-11-26/h4-19,23,32,37H,1,20-22H2,2-3H3. The molecule has 1 unspecified atom stereocenters. The van der Waals surface area contributed by atoms with E-state index in [-0.39, 0.29) is 18.3 Å². The molecule has 0 aliphatic heterocycles. The Kier molecular flexibility index (Phi) is 10.7. The van der Waals surface area contributed by atoms with Crippen LogP contribution < -0.4 is 15.0 Å². The molecule has 4 aromatic rings. The summed E-state index contributed by atoms with van der Waals surface area (Å²) in [4.78, 5) is 40.3. The molecule has 1 atom stereocenters. The minimum absolute atomic E-state index is 0.146. The highest BCUT2D eigenvalue weighted by molar-refractivity contribution is 6.31. The number of hydrogen-bond donors (Lipinski definition) is 1. The second-order valence-corrected chi connectivity index (χ2v) is 10.3. The summed E-state index contributed by atoms with van der Waals surface area (Å²) < 4.78 is 11.0. The smallest absolute Gasteiger partial charge is 0.328 e. The molecule has 1 amide bonds. The first-order valence-corrected chi connectivity index (χ1v) is 14.1. The Morgan fingerprint density at radius 2 is 1.60 bits per heavy atom. The Bertz CT molecular complexity index is 1590. The van der Waals surface area contributed by atoms with Crippen LogP contribution in [0.2, 0.25) is 5.02 Å². The van der Waals surface area contributed by atoms with Crippen LogP contribution in [0.4, 0.5) is 11.4 Å². The number of benzene rings is 4. The molecule has 0 aliphatic rings. The van der Waals surface area contributed by atoms with Gasteiger partial charge in [0.1, 0.15) is 18.4 Å². The molecule has 220 valence electrons. The third-order valence-corrected chi connectivity index (χ3v) is 6.94. The van der Waals surface area contributed by atoms with Crippen molar-refractivity contribution in [1.29, 1.82) is 0 Å². The normalized spacial score (nSPS) is 11.2. The van der Waals surface area contributed by atoms with Gasteiger partial charge in [0.2, 0.25) is 0 Å². The molecular formula is C35H33ClN2O5. The molecule has 8 heteroatoms. The number of nitrogens with one attached hydrogen (secondary N) is 1. The zero-order valence-corrected chi connectivity index (χ0v) is 24.8. The van der Waals surface area contributed by atoms with Gasteiger partial charge in [-0.25, -0.2) is 4.79 Å². The van der Waals surface area contributed by atoms with Gasteiger partial charge in [-0.05, 0) is 55.0 Å². The van der Waals surface area contributed by atoms with Crippen LogP contribution in [-0.4, -0.2) is 44.0 Å². The average Bonchev–Trinajstić information content (AvgIpc) is 3.03. The second-order valence-electron chi connectivity index (χ2n) is 9.87. The van der Waals surface area contributed by atoms with E-state index in [0.717, 1.165) is 5.56 Å². The third kappa shape index (κ3) is 8.33. The van der Waals surface area contributed by atoms with Crippen LogP contribution in [0.15, 0.2) is 115 Å². The predicted octanol–water partition coefficient (Wildman–Crippen LogP) is 6.76. The molecule has 0 spiro atoms. The van der Waals surface area contributed by atoms with Gasteiger partial charge in [-0.1, -0.05) is 78.8 Å². The number of amides is 1. The number of carbonyl (C=O) groups is 3. The van der Waals surface area contributed by atoms with E-state index in [1.165, 1.54) is 7.11 Å². The second kappa shape index (κ2) is 14.8. The van der Waals surface area contributed by atoms with Gasteiger partial charge >= 0.3 is 5.97 Å². The van der Waals surface area contributed by atoms with Gasteiger partial charge in [-0.2, -0.15) is 0 Å². The van der Waals surface area contributed by atoms with E-state index in [4.69, 9.17) is 21.1 Å². The molecule has 7 nitrogen and oxygen atoms in total. The number of para-hydroxylation sites is 1. The Labute approximate surface area is 256 Å². The Balaban J connectivity index is 1.42. The Hall–Kier alpha value is -4.88. The summed E-state index contributed by atoms with van der Waals surface area (Å²) in [5.74, 6) is -0.202. The van der Waals surface area contributed by atoms with Gasteiger partial charge in [0.05, 0.1) is 13.7 Å². The zero-order chi connectivity index (χ0) is 30.8. The van der Waals surface area contributed by atoms with Gasteiger partial charge < -0.3 is 19.7 Å². The highest BCUT2D eigenvalue weighted by Crippen LogP contribution is 2.23. The summed E-state index contributed by atoms with van der Waals surface area (Å²) >= 11 is 6.13. The van der Waals surface area contributed by atoms with Gasteiger partial charge in [-0.15, -0.1) is 0 Å². The first-order chi connectivity index (χ1) is 20.8. The fourth-order valence-corrected chi connectivity index (χ4v) is 4.69. The van der Waals surface area contributed by atoms with E-state index in [1.807, 2.05) is 42.5 Å². The maximum atomic E-state index is 13.2. The van der Waals surface area contributed by atoms with E-state index in [2.05, 4.69) is 11.9 Å². The summed E-state index contributed by atoms with van der Waals surface area (Å²) in [6, 6.07) is 29.8. The topological polar surface area (TPSA) is 84.9 Å². The molecule has 4 rings (SSSR count). The number of ketones is 1. The van der Waals surface area contributed by atoms with Crippen molar-refractivity contribution in [2.75, 3.05) is 30.5 Å². The summed E-state index contributed by atoms with van der Waals surface area (Å²) in [7, 11) is 1.33. The fraction of sp³-hybridized carbons (Fsp3) is 0.171. The average molecular weight is 597 g/mol. The molecule has 43 heavy (non-hydrogen) atoms. The van der Waals surface area contributed by atoms with Gasteiger partial charge in [-0.3, -0.25) is 9.59 Å². The van der Waals surface area contributed by atoms with Crippen LogP contribution in [0.1, 0.15) is 28.4 Å². The van der Waals surface area contributed by atoms with Crippen molar-refractivity contribution in [2.45, 2.75) is 19.4 Å². The van der Waals surface area contributed by atoms with E-state index in [9.17, 15) is 14.4 Å². The summed E-state index contributed by atoms with van der Waals surface area (Å²) in [5.41, 5.74) is 3.49. The molecule has 1 N–H and O–H groups in total. The molecule has 0 aliphatic carbocycles. The summed E-state index contributed by atoms with van der Waals surface area (Å²) in [6.07, 6.45) is 0.316. The lowest BCUT2D eigenvalue weighted by molar-refractivity contribution is -0.141. The van der Waals surface area contributed by atoms with E-state index >= 15 is 0 Å². The maximum absolute atomic E-state index is 13.2. The molecule has 4 aromatic carbocycles. The van der Waals surface area contributed by atoms with Crippen molar-refractivity contribution in [3.8, 4) is 5.75 Å². The lowest BCUT2D eigenvalue weighted by Gasteiger charge is -2.23. The Morgan fingerprint density at radius 1 is 0.907 bits per heavy atom. The van der Waals surface area contributed by atoms with Crippen LogP contribution in [0.5, 0.6) is 5.75 Å². The molecule has 0 heterocycles. The van der Waals surface area contributed by atoms with E-state index in [0.29, 0.717) is 51.8 Å². The number of carbonyl (C=O) groups excluding carboxylic acids is 3. The third-order valence-electron chi connectivity index (χ3n) is 6.70. The maximum Gasteiger partial charge on any atom is 0.328 e. The van der Waals surface area contributed by atoms with Gasteiger partial charge in [0, 0.05) is 39.5 Å². The molecule has 0 saturated heterocycles. The van der Waals surface area contributed by atoms with E-state index in [1.54, 1.807) is 72.5 Å². The highest BCUT2D eigenvalue weighted by Gasteiger charge is 2.23. The first-order valence-electron chi connectivity index (χ1n) is 13.7. The largest absolute Gasteiger partial charge is 0.492 e. The lowest BCUT2D eigenvalue weighted by atomic mass is 10.00. The van der Waals surface area contributed by atoms with Crippen LogP contribution in [0.25, 0.3) is 0 Å². The quantitative estimate of drug-likeness (QED) is 0.104. The molecule has 0 radical (unpaired) electrons. The van der Waals surface area contributed by atoms with Crippen LogP contribution >= 0.6 is 11.6 Å². The highest BCUT2D eigenvalue weighted by atomic mass is 35.5. The number of rotatable bonds is 13. The predicted molar refractivity (Wildman–Crippen MR) is 170 cm³/mol. The zero-order valence-electron chi connectivity index (χ0n) is 24.1. The number of anilines is 2. The van der Waals surface area contributed by atoms with Crippen LogP contribution in [-0.2, 0) is 20.7 Å². The minimum Gasteiger partial charge on any atom is -0.492 e. The number of ether oxygens (including phenoxy) is 2. The monoisotopic (exact) mass is 596 g/mol. The number of hydrogen-bond acceptors (Lipinski definition) is 6. The SMILES string of the molecule is C=C(C)C(=O)N(CCOc1ccc(CC(Nc2ccccc2C(=O)c2ccccc2)C(=O)OC)cc1)c1cccc(Cl)c1. The van der Waals surface area contributed by atoms with Crippen molar-refractivity contribution in [3.05, 3.63) is 137 Å². The summed E-state index contributed by atoms with van der Waals surface area (Å²) in [5, 5.41) is 3.74. The molecule has 0 bridgehead atoms. The lowest BCUT2D eigenvalue weighted by Crippen LogP contribution is -2.35. The van der Waals surface area contributed by atoms with Crippen molar-refractivity contribution in [2.24, 2.45) is 0 Å². The van der Waals surface area contributed by atoms with Crippen LogP contribution in [0, 0.1) is 0 Å². The number of esters is 1. The minimum atomic E-state index is -0.735.